The standard InChI is InChI=1S/C29H26F6N2O3/c1-13-11-25(3,4)36-19-9-21-17(7-15(13)19)23(27(30,31)29(34,35)28(32,33)24(38)39)18-8-16-14(2)12-26(5,6)37-20(16)10-22(18)40-21/h7-12,36H,1-6H3,(H,38,39). The number of allylic oxidation sites excluding steroid dienone is 2. The predicted molar refractivity (Wildman–Crippen MR) is 138 cm³/mol. The van der Waals surface area contributed by atoms with Gasteiger partial charge in [-0.25, -0.2) is 4.79 Å². The molecule has 0 amide bonds. The van der Waals surface area contributed by atoms with E-state index in [1.807, 2.05) is 27.7 Å². The molecule has 40 heavy (non-hydrogen) atoms. The van der Waals surface area contributed by atoms with Gasteiger partial charge in [0.2, 0.25) is 0 Å². The van der Waals surface area contributed by atoms with E-state index in [1.165, 1.54) is 18.2 Å². The highest BCUT2D eigenvalue weighted by molar-refractivity contribution is 5.89. The summed E-state index contributed by atoms with van der Waals surface area (Å²) in [6.07, 6.45) is 3.56. The number of halogens is 6. The lowest BCUT2D eigenvalue weighted by Gasteiger charge is -2.36. The molecule has 0 aromatic heterocycles. The Labute approximate surface area is 225 Å². The molecule has 3 aliphatic rings. The van der Waals surface area contributed by atoms with E-state index in [9.17, 15) is 13.6 Å². The second-order valence-electron chi connectivity index (χ2n) is 11.5. The van der Waals surface area contributed by atoms with Gasteiger partial charge in [0, 0.05) is 45.3 Å². The van der Waals surface area contributed by atoms with Gasteiger partial charge in [-0.05, 0) is 64.8 Å². The van der Waals surface area contributed by atoms with E-state index in [4.69, 9.17) is 9.84 Å². The van der Waals surface area contributed by atoms with Gasteiger partial charge in [0.05, 0.1) is 16.4 Å². The normalized spacial score (nSPS) is 18.9. The molecule has 0 saturated carbocycles. The van der Waals surface area contributed by atoms with Crippen molar-refractivity contribution in [2.45, 2.75) is 70.4 Å². The van der Waals surface area contributed by atoms with Crippen molar-refractivity contribution in [1.29, 1.82) is 0 Å². The third-order valence-electron chi connectivity index (χ3n) is 7.21. The molecule has 0 spiro atoms. The second-order valence-corrected chi connectivity index (χ2v) is 11.5. The van der Waals surface area contributed by atoms with Crippen molar-refractivity contribution < 1.29 is 41.0 Å². The van der Waals surface area contributed by atoms with Crippen molar-refractivity contribution in [3.05, 3.63) is 63.7 Å². The van der Waals surface area contributed by atoms with Crippen LogP contribution in [0.4, 0.5) is 32.0 Å². The molecule has 0 aliphatic carbocycles. The molecule has 2 aromatic carbocycles. The Morgan fingerprint density at radius 3 is 2.12 bits per heavy atom. The van der Waals surface area contributed by atoms with Crippen LogP contribution in [-0.4, -0.2) is 39.9 Å². The average molecular weight is 565 g/mol. The Bertz CT molecular complexity index is 1690. The van der Waals surface area contributed by atoms with Crippen LogP contribution in [0.3, 0.4) is 0 Å². The molecule has 2 N–H and O–H groups in total. The van der Waals surface area contributed by atoms with Crippen LogP contribution in [0.25, 0.3) is 16.7 Å². The number of alkyl halides is 6. The number of carboxylic acid groups (broad SMARTS) is 1. The lowest BCUT2D eigenvalue weighted by atomic mass is 9.83. The molecule has 212 valence electrons. The zero-order valence-corrected chi connectivity index (χ0v) is 22.4. The number of hydrogen-bond donors (Lipinski definition) is 2. The van der Waals surface area contributed by atoms with Crippen LogP contribution in [0.5, 0.6) is 11.5 Å². The zero-order chi connectivity index (χ0) is 29.8. The number of nitrogens with zero attached hydrogens (tertiary/aromatic N) is 1. The summed E-state index contributed by atoms with van der Waals surface area (Å²) in [6.45, 7) is 10.7. The highest BCUT2D eigenvalue weighted by Gasteiger charge is 2.77. The van der Waals surface area contributed by atoms with Crippen LogP contribution >= 0.6 is 0 Å². The SMILES string of the molecule is CC1=CC(C)(C)Nc2cc3c(cc21)C(C(F)(F)C(F)(F)C(F)(F)C(=O)O)=c1cc2c(cc1O3)=NC(C)(C)C=C2C. The summed E-state index contributed by atoms with van der Waals surface area (Å²) in [5.41, 5.74) is -0.840. The Morgan fingerprint density at radius 2 is 1.50 bits per heavy atom. The zero-order valence-electron chi connectivity index (χ0n) is 22.4. The van der Waals surface area contributed by atoms with Gasteiger partial charge >= 0.3 is 23.7 Å². The number of benzene rings is 2. The fraction of sp³-hybridized carbons (Fsp3) is 0.379. The van der Waals surface area contributed by atoms with Crippen molar-refractivity contribution in [2.75, 3.05) is 5.32 Å². The monoisotopic (exact) mass is 564 g/mol. The fourth-order valence-electron chi connectivity index (χ4n) is 5.59. The molecule has 0 atom stereocenters. The molecular formula is C29H26F6N2O3. The summed E-state index contributed by atoms with van der Waals surface area (Å²) < 4.78 is 96.4. The average Bonchev–Trinajstić information content (AvgIpc) is 2.78. The predicted octanol–water partition coefficient (Wildman–Crippen LogP) is 6.40. The van der Waals surface area contributed by atoms with Gasteiger partial charge in [-0.2, -0.15) is 26.3 Å². The van der Waals surface area contributed by atoms with Crippen molar-refractivity contribution in [1.82, 2.24) is 0 Å². The Balaban J connectivity index is 1.91. The van der Waals surface area contributed by atoms with Gasteiger partial charge in [0.1, 0.15) is 11.5 Å². The minimum Gasteiger partial charge on any atom is -0.477 e. The summed E-state index contributed by atoms with van der Waals surface area (Å²) in [5.74, 6) is -22.0. The molecular weight excluding hydrogens is 538 g/mol. The molecule has 3 heterocycles. The highest BCUT2D eigenvalue weighted by atomic mass is 19.3. The number of aliphatic carboxylic acids is 1. The third kappa shape index (κ3) is 3.92. The number of carbonyl (C=O) groups is 1. The van der Waals surface area contributed by atoms with E-state index >= 15 is 17.6 Å². The van der Waals surface area contributed by atoms with Gasteiger partial charge in [0.25, 0.3) is 0 Å². The number of anilines is 1. The van der Waals surface area contributed by atoms with Gasteiger partial charge in [-0.15, -0.1) is 0 Å². The number of nitrogens with one attached hydrogen (secondary N) is 1. The molecule has 0 unspecified atom stereocenters. The first-order chi connectivity index (χ1) is 18.2. The first kappa shape index (κ1) is 27.8. The van der Waals surface area contributed by atoms with Gasteiger partial charge in [-0.1, -0.05) is 12.2 Å². The van der Waals surface area contributed by atoms with Crippen LogP contribution in [0.1, 0.15) is 58.2 Å². The summed E-state index contributed by atoms with van der Waals surface area (Å²) in [7, 11) is 0. The van der Waals surface area contributed by atoms with Gasteiger partial charge < -0.3 is 15.2 Å². The lowest BCUT2D eigenvalue weighted by Crippen LogP contribution is -2.59. The molecule has 2 aromatic rings. The molecule has 0 radical (unpaired) electrons. The largest absolute Gasteiger partial charge is 0.477 e. The summed E-state index contributed by atoms with van der Waals surface area (Å²) >= 11 is 0. The minimum atomic E-state index is -6.30. The van der Waals surface area contributed by atoms with Crippen molar-refractivity contribution in [3.8, 4) is 11.5 Å². The van der Waals surface area contributed by atoms with Crippen molar-refractivity contribution >= 4 is 28.4 Å². The minimum absolute atomic E-state index is 0.282. The van der Waals surface area contributed by atoms with E-state index in [0.29, 0.717) is 33.3 Å². The lowest BCUT2D eigenvalue weighted by molar-refractivity contribution is -0.284. The third-order valence-corrected chi connectivity index (χ3v) is 7.21. The van der Waals surface area contributed by atoms with E-state index < -0.39 is 51.2 Å². The first-order valence-corrected chi connectivity index (χ1v) is 12.4. The van der Waals surface area contributed by atoms with Crippen LogP contribution < -0.4 is 20.6 Å². The van der Waals surface area contributed by atoms with Crippen LogP contribution in [0, 0.1) is 0 Å². The number of rotatable bonds is 4. The smallest absolute Gasteiger partial charge is 0.410 e. The molecule has 0 fully saturated rings. The fourth-order valence-corrected chi connectivity index (χ4v) is 5.59. The second kappa shape index (κ2) is 8.14. The topological polar surface area (TPSA) is 70.9 Å². The highest BCUT2D eigenvalue weighted by Crippen LogP contribution is 2.54. The summed E-state index contributed by atoms with van der Waals surface area (Å²) in [4.78, 5) is 15.6. The molecule has 0 bridgehead atoms. The van der Waals surface area contributed by atoms with Crippen LogP contribution in [0.2, 0.25) is 0 Å². The van der Waals surface area contributed by atoms with Gasteiger partial charge in [-0.3, -0.25) is 4.99 Å². The van der Waals surface area contributed by atoms with Crippen molar-refractivity contribution in [3.63, 3.8) is 0 Å². The number of hydrogen-bond acceptors (Lipinski definition) is 4. The number of fused-ring (bicyclic) bond motifs is 4. The van der Waals surface area contributed by atoms with E-state index in [1.54, 1.807) is 26.0 Å². The van der Waals surface area contributed by atoms with Gasteiger partial charge in [0.15, 0.2) is 0 Å². The molecule has 3 aliphatic heterocycles. The van der Waals surface area contributed by atoms with E-state index in [2.05, 4.69) is 10.3 Å². The Kier molecular flexibility index (Phi) is 5.66. The van der Waals surface area contributed by atoms with Crippen LogP contribution in [0.15, 0.2) is 41.4 Å². The maximum Gasteiger partial charge on any atom is 0.410 e. The van der Waals surface area contributed by atoms with E-state index in [0.717, 1.165) is 6.07 Å². The van der Waals surface area contributed by atoms with Crippen molar-refractivity contribution in [2.24, 2.45) is 4.99 Å². The summed E-state index contributed by atoms with van der Waals surface area (Å²) in [6, 6.07) is 4.98. The Morgan fingerprint density at radius 1 is 0.875 bits per heavy atom. The molecule has 0 saturated heterocycles. The number of carboxylic acids is 1. The summed E-state index contributed by atoms with van der Waals surface area (Å²) in [5, 5.41) is 11.8. The first-order valence-electron chi connectivity index (χ1n) is 12.4. The number of ether oxygens (including phenoxy) is 1. The molecule has 5 nitrogen and oxygen atoms in total. The molecule has 5 rings (SSSR count). The van der Waals surface area contributed by atoms with Crippen LogP contribution in [-0.2, 0) is 4.79 Å². The maximum absolute atomic E-state index is 16.0. The Hall–Kier alpha value is -3.76. The maximum atomic E-state index is 16.0. The van der Waals surface area contributed by atoms with E-state index in [-0.39, 0.29) is 11.5 Å². The quantitative estimate of drug-likeness (QED) is 0.422. The molecule has 11 heteroatoms.